The van der Waals surface area contributed by atoms with Crippen LogP contribution < -0.4 is 5.32 Å². The molecule has 1 saturated heterocycles. The summed E-state index contributed by atoms with van der Waals surface area (Å²) in [5, 5.41) is 3.73. The Morgan fingerprint density at radius 1 is 1.17 bits per heavy atom. The summed E-state index contributed by atoms with van der Waals surface area (Å²) >= 11 is 0. The van der Waals surface area contributed by atoms with Crippen molar-refractivity contribution in [2.45, 2.75) is 96.7 Å². The minimum Gasteiger partial charge on any atom is -0.444 e. The Morgan fingerprint density at radius 3 is 2.48 bits per heavy atom. The Balaban J connectivity index is 1.67. The van der Waals surface area contributed by atoms with Gasteiger partial charge in [-0.25, -0.2) is 4.79 Å². The third-order valence-corrected chi connectivity index (χ3v) is 5.21. The highest BCUT2D eigenvalue weighted by Crippen LogP contribution is 2.26. The van der Waals surface area contributed by atoms with Crippen LogP contribution in [0.25, 0.3) is 0 Å². The summed E-state index contributed by atoms with van der Waals surface area (Å²) in [5.74, 6) is 0.940. The molecule has 0 aromatic carbocycles. The molecule has 0 spiro atoms. The SMILES string of the molecule is CC1CC(NCCC2CCCCC2)CCN1C(=O)OC(C)(C)C. The molecule has 2 aliphatic rings. The van der Waals surface area contributed by atoms with Crippen molar-refractivity contribution >= 4 is 6.09 Å². The number of hydrogen-bond donors (Lipinski definition) is 1. The number of carbonyl (C=O) groups is 1. The molecule has 1 N–H and O–H groups in total. The summed E-state index contributed by atoms with van der Waals surface area (Å²) in [6, 6.07) is 0.804. The molecule has 0 bridgehead atoms. The number of nitrogens with one attached hydrogen (secondary N) is 1. The zero-order valence-corrected chi connectivity index (χ0v) is 15.6. The van der Waals surface area contributed by atoms with E-state index >= 15 is 0 Å². The Morgan fingerprint density at radius 2 is 1.87 bits per heavy atom. The number of ether oxygens (including phenoxy) is 1. The largest absolute Gasteiger partial charge is 0.444 e. The monoisotopic (exact) mass is 324 g/mol. The van der Waals surface area contributed by atoms with E-state index in [1.165, 1.54) is 38.5 Å². The fourth-order valence-electron chi connectivity index (χ4n) is 3.92. The second kappa shape index (κ2) is 8.36. The van der Waals surface area contributed by atoms with Crippen molar-refractivity contribution in [2.75, 3.05) is 13.1 Å². The molecule has 2 rings (SSSR count). The molecule has 2 fully saturated rings. The molecule has 1 saturated carbocycles. The number of likely N-dealkylation sites (tertiary alicyclic amines) is 1. The van der Waals surface area contributed by atoms with E-state index in [2.05, 4.69) is 12.2 Å². The molecular weight excluding hydrogens is 288 g/mol. The van der Waals surface area contributed by atoms with Gasteiger partial charge in [-0.3, -0.25) is 0 Å². The van der Waals surface area contributed by atoms with Crippen molar-refractivity contribution in [3.8, 4) is 0 Å². The zero-order chi connectivity index (χ0) is 16.9. The van der Waals surface area contributed by atoms with Crippen molar-refractivity contribution < 1.29 is 9.53 Å². The summed E-state index contributed by atoms with van der Waals surface area (Å²) in [4.78, 5) is 14.1. The van der Waals surface area contributed by atoms with Crippen LogP contribution in [0, 0.1) is 5.92 Å². The summed E-state index contributed by atoms with van der Waals surface area (Å²) in [6.07, 6.45) is 10.4. The molecule has 1 aliphatic carbocycles. The van der Waals surface area contributed by atoms with Gasteiger partial charge in [0.1, 0.15) is 5.60 Å². The lowest BCUT2D eigenvalue weighted by Crippen LogP contribution is -2.51. The molecule has 0 aromatic rings. The van der Waals surface area contributed by atoms with Crippen LogP contribution in [-0.4, -0.2) is 41.8 Å². The molecule has 1 heterocycles. The highest BCUT2D eigenvalue weighted by Gasteiger charge is 2.31. The third kappa shape index (κ3) is 6.33. The van der Waals surface area contributed by atoms with E-state index in [1.807, 2.05) is 25.7 Å². The second-order valence-electron chi connectivity index (χ2n) is 8.49. The topological polar surface area (TPSA) is 41.6 Å². The number of amides is 1. The van der Waals surface area contributed by atoms with Crippen LogP contribution in [0.15, 0.2) is 0 Å². The van der Waals surface area contributed by atoms with E-state index in [1.54, 1.807) is 0 Å². The molecule has 134 valence electrons. The van der Waals surface area contributed by atoms with Gasteiger partial charge in [-0.15, -0.1) is 0 Å². The van der Waals surface area contributed by atoms with Gasteiger partial charge in [-0.2, -0.15) is 0 Å². The standard InChI is InChI=1S/C19H36N2O2/c1-15-14-17(20-12-10-16-8-6-5-7-9-16)11-13-21(15)18(22)23-19(2,3)4/h15-17,20H,5-14H2,1-4H3. The van der Waals surface area contributed by atoms with Crippen LogP contribution in [0.2, 0.25) is 0 Å². The molecule has 1 aliphatic heterocycles. The summed E-state index contributed by atoms with van der Waals surface area (Å²) in [5.41, 5.74) is -0.411. The van der Waals surface area contributed by atoms with E-state index < -0.39 is 5.60 Å². The number of hydrogen-bond acceptors (Lipinski definition) is 3. The van der Waals surface area contributed by atoms with Crippen molar-refractivity contribution in [3.63, 3.8) is 0 Å². The van der Waals surface area contributed by atoms with Crippen molar-refractivity contribution in [1.29, 1.82) is 0 Å². The molecule has 4 heteroatoms. The number of piperidine rings is 1. The van der Waals surface area contributed by atoms with Crippen LogP contribution in [0.3, 0.4) is 0 Å². The molecule has 1 amide bonds. The van der Waals surface area contributed by atoms with Gasteiger partial charge in [-0.1, -0.05) is 32.1 Å². The van der Waals surface area contributed by atoms with Crippen molar-refractivity contribution in [3.05, 3.63) is 0 Å². The average Bonchev–Trinajstić information content (AvgIpc) is 2.46. The minimum absolute atomic E-state index is 0.161. The van der Waals surface area contributed by atoms with E-state index in [0.29, 0.717) is 6.04 Å². The van der Waals surface area contributed by atoms with Crippen LogP contribution in [0.1, 0.15) is 79.1 Å². The van der Waals surface area contributed by atoms with E-state index in [-0.39, 0.29) is 12.1 Å². The lowest BCUT2D eigenvalue weighted by Gasteiger charge is -2.38. The number of carbonyl (C=O) groups excluding carboxylic acids is 1. The van der Waals surface area contributed by atoms with E-state index in [9.17, 15) is 4.79 Å². The normalized spacial score (nSPS) is 27.0. The molecular formula is C19H36N2O2. The lowest BCUT2D eigenvalue weighted by molar-refractivity contribution is 0.00935. The van der Waals surface area contributed by atoms with Crippen LogP contribution in [0.4, 0.5) is 4.79 Å². The van der Waals surface area contributed by atoms with E-state index in [4.69, 9.17) is 4.74 Å². The van der Waals surface area contributed by atoms with Crippen LogP contribution in [0.5, 0.6) is 0 Å². The predicted molar refractivity (Wildman–Crippen MR) is 94.6 cm³/mol. The first-order valence-corrected chi connectivity index (χ1v) is 9.58. The fourth-order valence-corrected chi connectivity index (χ4v) is 3.92. The van der Waals surface area contributed by atoms with E-state index in [0.717, 1.165) is 31.8 Å². The number of nitrogens with zero attached hydrogens (tertiary/aromatic N) is 1. The molecule has 2 unspecified atom stereocenters. The Kier molecular flexibility index (Phi) is 6.75. The summed E-state index contributed by atoms with van der Waals surface area (Å²) in [6.45, 7) is 9.85. The molecule has 4 nitrogen and oxygen atoms in total. The minimum atomic E-state index is -0.411. The molecule has 0 aromatic heterocycles. The van der Waals surface area contributed by atoms with Gasteiger partial charge in [-0.05, 0) is 59.4 Å². The fraction of sp³-hybridized carbons (Fsp3) is 0.947. The second-order valence-corrected chi connectivity index (χ2v) is 8.49. The van der Waals surface area contributed by atoms with Crippen LogP contribution >= 0.6 is 0 Å². The first-order chi connectivity index (χ1) is 10.8. The van der Waals surface area contributed by atoms with Gasteiger partial charge >= 0.3 is 6.09 Å². The van der Waals surface area contributed by atoms with Gasteiger partial charge in [0.05, 0.1) is 0 Å². The predicted octanol–water partition coefficient (Wildman–Crippen LogP) is 4.33. The summed E-state index contributed by atoms with van der Waals surface area (Å²) < 4.78 is 5.51. The van der Waals surface area contributed by atoms with Gasteiger partial charge in [0.25, 0.3) is 0 Å². The third-order valence-electron chi connectivity index (χ3n) is 5.21. The zero-order valence-electron chi connectivity index (χ0n) is 15.6. The summed E-state index contributed by atoms with van der Waals surface area (Å²) in [7, 11) is 0. The average molecular weight is 325 g/mol. The molecule has 2 atom stereocenters. The van der Waals surface area contributed by atoms with Gasteiger partial charge in [0.15, 0.2) is 0 Å². The quantitative estimate of drug-likeness (QED) is 0.836. The maximum atomic E-state index is 12.2. The maximum Gasteiger partial charge on any atom is 0.410 e. The Labute approximate surface area is 142 Å². The molecule has 0 radical (unpaired) electrons. The Bertz CT molecular complexity index is 372. The van der Waals surface area contributed by atoms with Gasteiger partial charge in [0, 0.05) is 18.6 Å². The smallest absolute Gasteiger partial charge is 0.410 e. The highest BCUT2D eigenvalue weighted by molar-refractivity contribution is 5.68. The first kappa shape index (κ1) is 18.6. The Hall–Kier alpha value is -0.770. The number of rotatable bonds is 4. The van der Waals surface area contributed by atoms with Crippen molar-refractivity contribution in [1.82, 2.24) is 10.2 Å². The van der Waals surface area contributed by atoms with Crippen molar-refractivity contribution in [2.24, 2.45) is 5.92 Å². The van der Waals surface area contributed by atoms with Crippen LogP contribution in [-0.2, 0) is 4.74 Å². The van der Waals surface area contributed by atoms with Gasteiger partial charge in [0.2, 0.25) is 0 Å². The van der Waals surface area contributed by atoms with Gasteiger partial charge < -0.3 is 15.0 Å². The highest BCUT2D eigenvalue weighted by atomic mass is 16.6. The first-order valence-electron chi connectivity index (χ1n) is 9.58. The lowest BCUT2D eigenvalue weighted by atomic mass is 9.87. The molecule has 23 heavy (non-hydrogen) atoms. The maximum absolute atomic E-state index is 12.2.